The van der Waals surface area contributed by atoms with Gasteiger partial charge in [0.25, 0.3) is 0 Å². The summed E-state index contributed by atoms with van der Waals surface area (Å²) in [5.41, 5.74) is 3.30. The van der Waals surface area contributed by atoms with Gasteiger partial charge in [0, 0.05) is 24.3 Å². The fourth-order valence-electron chi connectivity index (χ4n) is 3.95. The van der Waals surface area contributed by atoms with Crippen LogP contribution in [0.25, 0.3) is 11.3 Å². The van der Waals surface area contributed by atoms with E-state index < -0.39 is 6.35 Å². The molecule has 5 heteroatoms. The molecule has 28 heavy (non-hydrogen) atoms. The van der Waals surface area contributed by atoms with Crippen LogP contribution >= 0.6 is 0 Å². The molecule has 3 aromatic rings. The second kappa shape index (κ2) is 8.69. The molecule has 1 unspecified atom stereocenters. The van der Waals surface area contributed by atoms with E-state index in [-0.39, 0.29) is 0 Å². The first kappa shape index (κ1) is 18.9. The van der Waals surface area contributed by atoms with Crippen LogP contribution in [0.3, 0.4) is 0 Å². The van der Waals surface area contributed by atoms with Gasteiger partial charge in [-0.1, -0.05) is 60.7 Å². The number of benzene rings is 2. The lowest BCUT2D eigenvalue weighted by atomic mass is 10.0. The largest absolute Gasteiger partial charge is 0.360 e. The monoisotopic (exact) mass is 376 g/mol. The van der Waals surface area contributed by atoms with Gasteiger partial charge in [0.1, 0.15) is 0 Å². The molecule has 1 aliphatic rings. The van der Waals surface area contributed by atoms with E-state index in [0.29, 0.717) is 6.04 Å². The maximum absolute atomic E-state index is 10.8. The highest BCUT2D eigenvalue weighted by Gasteiger charge is 2.27. The van der Waals surface area contributed by atoms with Crippen LogP contribution in [0.1, 0.15) is 24.8 Å². The molecule has 1 saturated heterocycles. The molecule has 0 saturated carbocycles. The summed E-state index contributed by atoms with van der Waals surface area (Å²) in [6.07, 6.45) is 5.05. The number of hydrogen-bond acceptors (Lipinski definition) is 4. The Kier molecular flexibility index (Phi) is 5.86. The van der Waals surface area contributed by atoms with Crippen molar-refractivity contribution in [1.29, 1.82) is 0 Å². The third-order valence-corrected chi connectivity index (χ3v) is 5.68. The van der Waals surface area contributed by atoms with Crippen molar-refractivity contribution < 1.29 is 5.11 Å². The molecule has 5 nitrogen and oxygen atoms in total. The van der Waals surface area contributed by atoms with Gasteiger partial charge in [0.15, 0.2) is 6.35 Å². The van der Waals surface area contributed by atoms with E-state index in [1.54, 1.807) is 10.9 Å². The number of imidazole rings is 1. The summed E-state index contributed by atoms with van der Waals surface area (Å²) in [5, 5.41) is 10.8. The van der Waals surface area contributed by atoms with Gasteiger partial charge >= 0.3 is 0 Å². The topological polar surface area (TPSA) is 44.5 Å². The van der Waals surface area contributed by atoms with Crippen molar-refractivity contribution in [3.05, 3.63) is 78.8 Å². The Labute approximate surface area is 166 Å². The number of piperidine rings is 1. The van der Waals surface area contributed by atoms with Gasteiger partial charge in [-0.25, -0.2) is 4.98 Å². The first-order valence-electron chi connectivity index (χ1n) is 9.96. The SMILES string of the molecule is CN(C1CCN(Cc2ccccc2)CC1)C(O)n1cnc(-c2ccccc2)c1. The smallest absolute Gasteiger partial charge is 0.191 e. The minimum Gasteiger partial charge on any atom is -0.360 e. The summed E-state index contributed by atoms with van der Waals surface area (Å²) in [5.74, 6) is 0. The van der Waals surface area contributed by atoms with Crippen LogP contribution in [-0.2, 0) is 6.54 Å². The van der Waals surface area contributed by atoms with Crippen molar-refractivity contribution >= 4 is 0 Å². The zero-order chi connectivity index (χ0) is 19.3. The van der Waals surface area contributed by atoms with Crippen LogP contribution in [0.2, 0.25) is 0 Å². The van der Waals surface area contributed by atoms with E-state index >= 15 is 0 Å². The molecule has 1 aromatic heterocycles. The Bertz CT molecular complexity index is 857. The van der Waals surface area contributed by atoms with Gasteiger partial charge in [0.2, 0.25) is 0 Å². The molecule has 4 rings (SSSR count). The van der Waals surface area contributed by atoms with Crippen molar-refractivity contribution in [3.63, 3.8) is 0 Å². The normalized spacial score (nSPS) is 17.1. The van der Waals surface area contributed by atoms with Gasteiger partial charge in [-0.15, -0.1) is 0 Å². The average Bonchev–Trinajstić information content (AvgIpc) is 3.25. The van der Waals surface area contributed by atoms with Gasteiger partial charge in [-0.05, 0) is 38.5 Å². The van der Waals surface area contributed by atoms with Crippen LogP contribution in [-0.4, -0.2) is 50.6 Å². The van der Waals surface area contributed by atoms with Crippen LogP contribution in [0.15, 0.2) is 73.2 Å². The van der Waals surface area contributed by atoms with Crippen molar-refractivity contribution in [1.82, 2.24) is 19.4 Å². The maximum atomic E-state index is 10.8. The number of rotatable bonds is 6. The molecular weight excluding hydrogens is 348 g/mol. The van der Waals surface area contributed by atoms with Crippen molar-refractivity contribution in [2.24, 2.45) is 0 Å². The fraction of sp³-hybridized carbons (Fsp3) is 0.348. The average molecular weight is 377 g/mol. The highest BCUT2D eigenvalue weighted by atomic mass is 16.3. The minimum atomic E-state index is -0.698. The summed E-state index contributed by atoms with van der Waals surface area (Å²) in [6, 6.07) is 21.1. The highest BCUT2D eigenvalue weighted by Crippen LogP contribution is 2.23. The Hall–Kier alpha value is -2.47. The predicted octanol–water partition coefficient (Wildman–Crippen LogP) is 3.59. The molecule has 1 N–H and O–H groups in total. The molecule has 0 aliphatic carbocycles. The molecule has 2 aromatic carbocycles. The molecule has 0 amide bonds. The van der Waals surface area contributed by atoms with E-state index in [9.17, 15) is 5.11 Å². The Morgan fingerprint density at radius 2 is 1.68 bits per heavy atom. The molecule has 1 fully saturated rings. The van der Waals surface area contributed by atoms with Crippen LogP contribution in [0, 0.1) is 0 Å². The van der Waals surface area contributed by atoms with Crippen LogP contribution in [0.5, 0.6) is 0 Å². The van der Waals surface area contributed by atoms with E-state index in [0.717, 1.165) is 43.7 Å². The second-order valence-corrected chi connectivity index (χ2v) is 7.58. The minimum absolute atomic E-state index is 0.365. The number of nitrogens with zero attached hydrogens (tertiary/aromatic N) is 4. The third kappa shape index (κ3) is 4.33. The Morgan fingerprint density at radius 3 is 2.36 bits per heavy atom. The molecule has 146 valence electrons. The Morgan fingerprint density at radius 1 is 1.04 bits per heavy atom. The first-order chi connectivity index (χ1) is 13.7. The number of aromatic nitrogens is 2. The van der Waals surface area contributed by atoms with E-state index in [1.807, 2.05) is 43.6 Å². The first-order valence-corrected chi connectivity index (χ1v) is 9.96. The molecular formula is C23H28N4O. The van der Waals surface area contributed by atoms with Crippen molar-refractivity contribution in [2.75, 3.05) is 20.1 Å². The maximum Gasteiger partial charge on any atom is 0.191 e. The molecule has 0 radical (unpaired) electrons. The van der Waals surface area contributed by atoms with Gasteiger partial charge in [-0.2, -0.15) is 0 Å². The zero-order valence-electron chi connectivity index (χ0n) is 16.4. The highest BCUT2D eigenvalue weighted by molar-refractivity contribution is 5.57. The number of aliphatic hydroxyl groups is 1. The van der Waals surface area contributed by atoms with Crippen LogP contribution < -0.4 is 0 Å². The standard InChI is InChI=1S/C23H28N4O/c1-25(21-12-14-26(15-13-21)16-19-8-4-2-5-9-19)23(28)27-17-22(24-18-27)20-10-6-3-7-11-20/h2-11,17-18,21,23,28H,12-16H2,1H3. The summed E-state index contributed by atoms with van der Waals surface area (Å²) in [4.78, 5) is 9.02. The summed E-state index contributed by atoms with van der Waals surface area (Å²) >= 11 is 0. The van der Waals surface area contributed by atoms with Crippen LogP contribution in [0.4, 0.5) is 0 Å². The predicted molar refractivity (Wildman–Crippen MR) is 111 cm³/mol. The number of aliphatic hydroxyl groups excluding tert-OH is 1. The van der Waals surface area contributed by atoms with Crippen molar-refractivity contribution in [2.45, 2.75) is 31.8 Å². The number of hydrogen-bond donors (Lipinski definition) is 1. The zero-order valence-corrected chi connectivity index (χ0v) is 16.4. The summed E-state index contributed by atoms with van der Waals surface area (Å²) in [6.45, 7) is 3.10. The lowest BCUT2D eigenvalue weighted by Gasteiger charge is -2.38. The van der Waals surface area contributed by atoms with E-state index in [2.05, 4.69) is 45.1 Å². The van der Waals surface area contributed by atoms with E-state index in [1.165, 1.54) is 5.56 Å². The molecule has 0 spiro atoms. The lowest BCUT2D eigenvalue weighted by Crippen LogP contribution is -2.45. The third-order valence-electron chi connectivity index (χ3n) is 5.68. The van der Waals surface area contributed by atoms with Crippen molar-refractivity contribution in [3.8, 4) is 11.3 Å². The molecule has 1 aliphatic heterocycles. The molecule has 1 atom stereocenters. The van der Waals surface area contributed by atoms with Gasteiger partial charge in [0.05, 0.1) is 12.0 Å². The molecule has 2 heterocycles. The quantitative estimate of drug-likeness (QED) is 0.668. The van der Waals surface area contributed by atoms with Gasteiger partial charge < -0.3 is 5.11 Å². The second-order valence-electron chi connectivity index (χ2n) is 7.58. The van der Waals surface area contributed by atoms with Gasteiger partial charge in [-0.3, -0.25) is 14.4 Å². The van der Waals surface area contributed by atoms with E-state index in [4.69, 9.17) is 0 Å². The fourth-order valence-corrected chi connectivity index (χ4v) is 3.95. The Balaban J connectivity index is 1.33. The summed E-state index contributed by atoms with van der Waals surface area (Å²) < 4.78 is 1.79. The number of likely N-dealkylation sites (tertiary alicyclic amines) is 1. The molecule has 0 bridgehead atoms. The summed E-state index contributed by atoms with van der Waals surface area (Å²) in [7, 11) is 2.00. The lowest BCUT2D eigenvalue weighted by molar-refractivity contribution is -0.0744.